The Morgan fingerprint density at radius 2 is 1.97 bits per heavy atom. The van der Waals surface area contributed by atoms with Crippen LogP contribution in [0.5, 0.6) is 0 Å². The van der Waals surface area contributed by atoms with Crippen molar-refractivity contribution < 1.29 is 13.2 Å². The summed E-state index contributed by atoms with van der Waals surface area (Å²) >= 11 is 2.97. The van der Waals surface area contributed by atoms with Crippen molar-refractivity contribution in [3.8, 4) is 10.7 Å². The molecule has 0 unspecified atom stereocenters. The van der Waals surface area contributed by atoms with Gasteiger partial charge in [0.15, 0.2) is 11.0 Å². The van der Waals surface area contributed by atoms with Crippen LogP contribution in [0.1, 0.15) is 31.7 Å². The van der Waals surface area contributed by atoms with Gasteiger partial charge in [-0.25, -0.2) is 8.42 Å². The average Bonchev–Trinajstić information content (AvgIpc) is 3.23. The first-order valence-corrected chi connectivity index (χ1v) is 13.8. The minimum absolute atomic E-state index is 0.165. The van der Waals surface area contributed by atoms with Crippen molar-refractivity contribution in [3.63, 3.8) is 0 Å². The Morgan fingerprint density at radius 1 is 1.16 bits per heavy atom. The topological polar surface area (TPSA) is 97.2 Å². The maximum Gasteiger partial charge on any atom is 0.243 e. The van der Waals surface area contributed by atoms with Gasteiger partial charge in [-0.3, -0.25) is 9.36 Å². The zero-order valence-corrected chi connectivity index (χ0v) is 19.8. The fraction of sp³-hybridized carbons (Fsp3) is 0.381. The molecule has 3 heterocycles. The molecule has 32 heavy (non-hydrogen) atoms. The normalized spacial score (nSPS) is 17.0. The van der Waals surface area contributed by atoms with E-state index in [1.165, 1.54) is 22.1 Å². The summed E-state index contributed by atoms with van der Waals surface area (Å²) in [7, 11) is -3.52. The molecule has 0 bridgehead atoms. The van der Waals surface area contributed by atoms with Crippen LogP contribution >= 0.6 is 23.1 Å². The Labute approximate surface area is 195 Å². The highest BCUT2D eigenvalue weighted by Gasteiger charge is 2.31. The smallest absolute Gasteiger partial charge is 0.243 e. The molecule has 1 aliphatic carbocycles. The van der Waals surface area contributed by atoms with Gasteiger partial charge in [-0.1, -0.05) is 23.9 Å². The van der Waals surface area contributed by atoms with Crippen LogP contribution in [0.4, 0.5) is 5.69 Å². The van der Waals surface area contributed by atoms with E-state index >= 15 is 0 Å². The van der Waals surface area contributed by atoms with Crippen molar-refractivity contribution in [1.82, 2.24) is 19.1 Å². The minimum atomic E-state index is -3.52. The first-order chi connectivity index (χ1) is 15.5. The number of anilines is 1. The highest BCUT2D eigenvalue weighted by molar-refractivity contribution is 7.99. The molecule has 0 atom stereocenters. The SMILES string of the molecule is O=C(CSc1nnc(-c2cccs2)n1C1CC1)Nc1cccc(S(=O)(=O)N2CCCC2)c1. The zero-order chi connectivity index (χ0) is 22.1. The van der Waals surface area contributed by atoms with E-state index in [0.29, 0.717) is 24.8 Å². The van der Waals surface area contributed by atoms with E-state index in [0.717, 1.165) is 41.5 Å². The second-order valence-corrected chi connectivity index (χ2v) is 11.7. The minimum Gasteiger partial charge on any atom is -0.325 e. The van der Waals surface area contributed by atoms with Gasteiger partial charge in [-0.15, -0.1) is 21.5 Å². The van der Waals surface area contributed by atoms with Gasteiger partial charge in [0.1, 0.15) is 0 Å². The third kappa shape index (κ3) is 4.47. The largest absolute Gasteiger partial charge is 0.325 e. The number of thioether (sulfide) groups is 1. The number of benzene rings is 1. The van der Waals surface area contributed by atoms with Crippen molar-refractivity contribution in [2.45, 2.75) is 41.8 Å². The number of hydrogen-bond acceptors (Lipinski definition) is 7. The van der Waals surface area contributed by atoms with Gasteiger partial charge in [0.2, 0.25) is 15.9 Å². The van der Waals surface area contributed by atoms with E-state index in [1.54, 1.807) is 29.5 Å². The Bertz CT molecular complexity index is 1210. The van der Waals surface area contributed by atoms with Gasteiger partial charge in [-0.2, -0.15) is 4.31 Å². The van der Waals surface area contributed by atoms with Gasteiger partial charge in [-0.05, 0) is 55.3 Å². The zero-order valence-electron chi connectivity index (χ0n) is 17.3. The number of rotatable bonds is 8. The molecular formula is C21H23N5O3S3. The van der Waals surface area contributed by atoms with E-state index in [-0.39, 0.29) is 16.6 Å². The average molecular weight is 490 g/mol. The predicted octanol–water partition coefficient (Wildman–Crippen LogP) is 3.86. The fourth-order valence-electron chi connectivity index (χ4n) is 3.75. The molecule has 2 aromatic heterocycles. The van der Waals surface area contributed by atoms with Crippen LogP contribution in [0, 0.1) is 0 Å². The number of aromatic nitrogens is 3. The number of nitrogens with zero attached hydrogens (tertiary/aromatic N) is 4. The van der Waals surface area contributed by atoms with Crippen LogP contribution in [0.2, 0.25) is 0 Å². The second kappa shape index (κ2) is 8.97. The molecule has 0 spiro atoms. The fourth-order valence-corrected chi connectivity index (χ4v) is 6.82. The lowest BCUT2D eigenvalue weighted by molar-refractivity contribution is -0.113. The molecule has 1 amide bonds. The maximum atomic E-state index is 12.8. The number of sulfonamides is 1. The quantitative estimate of drug-likeness (QED) is 0.483. The number of carbonyl (C=O) groups is 1. The maximum absolute atomic E-state index is 12.8. The predicted molar refractivity (Wildman–Crippen MR) is 125 cm³/mol. The molecule has 1 aromatic carbocycles. The van der Waals surface area contributed by atoms with Crippen LogP contribution < -0.4 is 5.32 Å². The third-order valence-electron chi connectivity index (χ3n) is 5.47. The van der Waals surface area contributed by atoms with Crippen LogP contribution in [-0.2, 0) is 14.8 Å². The molecule has 1 aliphatic heterocycles. The molecule has 2 fully saturated rings. The lowest BCUT2D eigenvalue weighted by atomic mass is 10.3. The van der Waals surface area contributed by atoms with Gasteiger partial charge < -0.3 is 5.32 Å². The van der Waals surface area contributed by atoms with Crippen LogP contribution in [0.15, 0.2) is 51.8 Å². The summed E-state index contributed by atoms with van der Waals surface area (Å²) in [6, 6.07) is 10.9. The molecular weight excluding hydrogens is 466 g/mol. The van der Waals surface area contributed by atoms with E-state index in [9.17, 15) is 13.2 Å². The van der Waals surface area contributed by atoms with E-state index in [4.69, 9.17) is 0 Å². The van der Waals surface area contributed by atoms with Crippen molar-refractivity contribution in [1.29, 1.82) is 0 Å². The molecule has 2 aliphatic rings. The summed E-state index contributed by atoms with van der Waals surface area (Å²) in [5, 5.41) is 14.2. The Kier molecular flexibility index (Phi) is 6.06. The number of hydrogen-bond donors (Lipinski definition) is 1. The number of amides is 1. The number of nitrogens with one attached hydrogen (secondary N) is 1. The Balaban J connectivity index is 1.26. The Morgan fingerprint density at radius 3 is 2.69 bits per heavy atom. The second-order valence-electron chi connectivity index (χ2n) is 7.86. The molecule has 0 radical (unpaired) electrons. The molecule has 1 saturated heterocycles. The number of carbonyl (C=O) groups excluding carboxylic acids is 1. The van der Waals surface area contributed by atoms with Crippen LogP contribution in [-0.4, -0.2) is 52.2 Å². The van der Waals surface area contributed by atoms with Crippen molar-refractivity contribution in [2.75, 3.05) is 24.2 Å². The highest BCUT2D eigenvalue weighted by Crippen LogP contribution is 2.41. The molecule has 11 heteroatoms. The summed E-state index contributed by atoms with van der Waals surface area (Å²) in [4.78, 5) is 13.9. The molecule has 3 aromatic rings. The van der Waals surface area contributed by atoms with E-state index in [2.05, 4.69) is 20.1 Å². The van der Waals surface area contributed by atoms with Crippen LogP contribution in [0.3, 0.4) is 0 Å². The third-order valence-corrected chi connectivity index (χ3v) is 9.17. The molecule has 1 saturated carbocycles. The van der Waals surface area contributed by atoms with Gasteiger partial charge >= 0.3 is 0 Å². The van der Waals surface area contributed by atoms with E-state index < -0.39 is 10.0 Å². The first kappa shape index (κ1) is 21.6. The van der Waals surface area contributed by atoms with E-state index in [1.807, 2.05) is 17.5 Å². The highest BCUT2D eigenvalue weighted by atomic mass is 32.2. The molecule has 168 valence electrons. The summed E-state index contributed by atoms with van der Waals surface area (Å²) in [5.74, 6) is 0.803. The summed E-state index contributed by atoms with van der Waals surface area (Å²) in [6.45, 7) is 1.09. The van der Waals surface area contributed by atoms with Crippen LogP contribution in [0.25, 0.3) is 10.7 Å². The summed E-state index contributed by atoms with van der Waals surface area (Å²) < 4.78 is 29.2. The molecule has 5 rings (SSSR count). The van der Waals surface area contributed by atoms with Crippen molar-refractivity contribution >= 4 is 44.7 Å². The van der Waals surface area contributed by atoms with Crippen molar-refractivity contribution in [2.24, 2.45) is 0 Å². The van der Waals surface area contributed by atoms with Gasteiger partial charge in [0, 0.05) is 24.8 Å². The lowest BCUT2D eigenvalue weighted by Crippen LogP contribution is -2.28. The first-order valence-electron chi connectivity index (χ1n) is 10.5. The van der Waals surface area contributed by atoms with Crippen molar-refractivity contribution in [3.05, 3.63) is 41.8 Å². The summed E-state index contributed by atoms with van der Waals surface area (Å²) in [5.41, 5.74) is 0.471. The standard InChI is InChI=1S/C21H23N5O3S3/c27-19(22-15-5-3-6-17(13-15)32(28,29)25-10-1-2-11-25)14-31-21-24-23-20(18-7-4-12-30-18)26(21)16-8-9-16/h3-7,12-13,16H,1-2,8-11,14H2,(H,22,27). The molecule has 1 N–H and O–H groups in total. The van der Waals surface area contributed by atoms with Gasteiger partial charge in [0.05, 0.1) is 15.5 Å². The monoisotopic (exact) mass is 489 g/mol. The number of thiophene rings is 1. The van der Waals surface area contributed by atoms with Gasteiger partial charge in [0.25, 0.3) is 0 Å². The summed E-state index contributed by atoms with van der Waals surface area (Å²) in [6.07, 6.45) is 3.95. The molecule has 8 nitrogen and oxygen atoms in total. The Hall–Kier alpha value is -2.21. The lowest BCUT2D eigenvalue weighted by Gasteiger charge is -2.16.